The van der Waals surface area contributed by atoms with Gasteiger partial charge in [-0.3, -0.25) is 4.79 Å². The van der Waals surface area contributed by atoms with Gasteiger partial charge in [-0.2, -0.15) is 0 Å². The average Bonchev–Trinajstić information content (AvgIpc) is 2.36. The number of furan rings is 1. The van der Waals surface area contributed by atoms with Crippen LogP contribution >= 0.6 is 15.9 Å². The first-order valence-corrected chi connectivity index (χ1v) is 3.85. The van der Waals surface area contributed by atoms with E-state index < -0.39 is 0 Å². The zero-order valence-electron chi connectivity index (χ0n) is 5.50. The van der Waals surface area contributed by atoms with Crippen LogP contribution in [0.4, 0.5) is 0 Å². The first kappa shape index (κ1) is 7.54. The van der Waals surface area contributed by atoms with Crippen LogP contribution < -0.4 is 0 Å². The number of hydrogen-bond acceptors (Lipinski definition) is 2. The van der Waals surface area contributed by atoms with Crippen molar-refractivity contribution in [2.24, 2.45) is 0 Å². The van der Waals surface area contributed by atoms with E-state index in [1.54, 1.807) is 19.1 Å². The number of alkyl halides is 1. The molecule has 1 rings (SSSR count). The second kappa shape index (κ2) is 3.01. The van der Waals surface area contributed by atoms with Crippen molar-refractivity contribution in [3.63, 3.8) is 0 Å². The highest BCUT2D eigenvalue weighted by Crippen LogP contribution is 2.09. The average molecular weight is 203 g/mol. The minimum Gasteiger partial charge on any atom is -0.461 e. The molecule has 54 valence electrons. The van der Waals surface area contributed by atoms with Crippen LogP contribution in [0.15, 0.2) is 22.8 Å². The van der Waals surface area contributed by atoms with E-state index in [0.29, 0.717) is 5.76 Å². The van der Waals surface area contributed by atoms with Gasteiger partial charge in [-0.1, -0.05) is 15.9 Å². The third-order valence-electron chi connectivity index (χ3n) is 1.13. The molecule has 0 unspecified atom stereocenters. The number of rotatable bonds is 2. The molecule has 0 N–H and O–H groups in total. The van der Waals surface area contributed by atoms with Crippen LogP contribution in [0.25, 0.3) is 0 Å². The van der Waals surface area contributed by atoms with Gasteiger partial charge in [-0.25, -0.2) is 0 Å². The maximum absolute atomic E-state index is 11.1. The first-order chi connectivity index (χ1) is 4.72. The Kier molecular flexibility index (Phi) is 2.27. The molecule has 10 heavy (non-hydrogen) atoms. The summed E-state index contributed by atoms with van der Waals surface area (Å²) in [4.78, 5) is 10.9. The molecule has 0 bridgehead atoms. The molecular formula is C7H7BrO2. The molecule has 1 atom stereocenters. The third-order valence-corrected chi connectivity index (χ3v) is 1.54. The van der Waals surface area contributed by atoms with E-state index in [2.05, 4.69) is 15.9 Å². The minimum absolute atomic E-state index is 0.0231. The molecule has 0 fully saturated rings. The van der Waals surface area contributed by atoms with Gasteiger partial charge >= 0.3 is 0 Å². The van der Waals surface area contributed by atoms with Crippen LogP contribution in [0.3, 0.4) is 0 Å². The maximum Gasteiger partial charge on any atom is 0.211 e. The highest BCUT2D eigenvalue weighted by molar-refractivity contribution is 9.10. The van der Waals surface area contributed by atoms with Gasteiger partial charge in [0.15, 0.2) is 5.76 Å². The summed E-state index contributed by atoms with van der Waals surface area (Å²) in [7, 11) is 0. The van der Waals surface area contributed by atoms with Crippen LogP contribution in [0, 0.1) is 0 Å². The summed E-state index contributed by atoms with van der Waals surface area (Å²) in [6.07, 6.45) is 1.49. The van der Waals surface area contributed by atoms with E-state index in [4.69, 9.17) is 4.42 Å². The van der Waals surface area contributed by atoms with E-state index >= 15 is 0 Å². The molecule has 0 aliphatic carbocycles. The van der Waals surface area contributed by atoms with Crippen molar-refractivity contribution < 1.29 is 9.21 Å². The maximum atomic E-state index is 11.1. The molecule has 2 nitrogen and oxygen atoms in total. The van der Waals surface area contributed by atoms with Gasteiger partial charge in [0.05, 0.1) is 11.1 Å². The summed E-state index contributed by atoms with van der Waals surface area (Å²) in [5.74, 6) is 0.384. The molecule has 0 aliphatic heterocycles. The van der Waals surface area contributed by atoms with Crippen molar-refractivity contribution in [2.75, 3.05) is 0 Å². The SMILES string of the molecule is C[C@@H](Br)C(=O)c1ccco1. The fourth-order valence-corrected chi connectivity index (χ4v) is 0.840. The molecule has 1 aromatic rings. The summed E-state index contributed by atoms with van der Waals surface area (Å²) in [5.41, 5.74) is 0. The second-order valence-electron chi connectivity index (χ2n) is 1.96. The van der Waals surface area contributed by atoms with Crippen LogP contribution in [-0.4, -0.2) is 10.6 Å². The molecule has 0 radical (unpaired) electrons. The molecular weight excluding hydrogens is 196 g/mol. The third kappa shape index (κ3) is 1.48. The normalized spacial score (nSPS) is 13.0. The smallest absolute Gasteiger partial charge is 0.211 e. The van der Waals surface area contributed by atoms with Crippen LogP contribution in [0.5, 0.6) is 0 Å². The fraction of sp³-hybridized carbons (Fsp3) is 0.286. The Hall–Kier alpha value is -0.570. The monoisotopic (exact) mass is 202 g/mol. The lowest BCUT2D eigenvalue weighted by atomic mass is 10.2. The van der Waals surface area contributed by atoms with Crippen molar-refractivity contribution in [3.8, 4) is 0 Å². The number of halogens is 1. The predicted octanol–water partition coefficient (Wildman–Crippen LogP) is 2.25. The van der Waals surface area contributed by atoms with E-state index in [0.717, 1.165) is 0 Å². The number of carbonyl (C=O) groups is 1. The lowest BCUT2D eigenvalue weighted by Gasteiger charge is -1.95. The number of hydrogen-bond donors (Lipinski definition) is 0. The number of Topliss-reactive ketones (excluding diaryl/α,β-unsaturated/α-hetero) is 1. The van der Waals surface area contributed by atoms with Crippen LogP contribution in [0.1, 0.15) is 17.5 Å². The van der Waals surface area contributed by atoms with Crippen molar-refractivity contribution in [3.05, 3.63) is 24.2 Å². The standard InChI is InChI=1S/C7H7BrO2/c1-5(8)7(9)6-3-2-4-10-6/h2-5H,1H3/t5-/m1/s1. The van der Waals surface area contributed by atoms with Crippen molar-refractivity contribution in [1.82, 2.24) is 0 Å². The van der Waals surface area contributed by atoms with Crippen molar-refractivity contribution in [2.45, 2.75) is 11.8 Å². The number of ketones is 1. The summed E-state index contributed by atoms with van der Waals surface area (Å²) in [6.45, 7) is 1.77. The van der Waals surface area contributed by atoms with Gasteiger partial charge < -0.3 is 4.42 Å². The zero-order chi connectivity index (χ0) is 7.56. The Labute approximate surface area is 67.3 Å². The van der Waals surface area contributed by atoms with E-state index in [1.165, 1.54) is 6.26 Å². The Morgan fingerprint density at radius 2 is 2.50 bits per heavy atom. The minimum atomic E-state index is -0.168. The molecule has 1 heterocycles. The van der Waals surface area contributed by atoms with Crippen LogP contribution in [-0.2, 0) is 0 Å². The summed E-state index contributed by atoms with van der Waals surface area (Å²) >= 11 is 3.15. The van der Waals surface area contributed by atoms with E-state index in [9.17, 15) is 4.79 Å². The molecule has 3 heteroatoms. The van der Waals surface area contributed by atoms with E-state index in [-0.39, 0.29) is 10.6 Å². The van der Waals surface area contributed by atoms with Gasteiger partial charge in [0, 0.05) is 0 Å². The van der Waals surface area contributed by atoms with Gasteiger partial charge in [-0.15, -0.1) is 0 Å². The second-order valence-corrected chi connectivity index (χ2v) is 3.33. The Balaban J connectivity index is 2.78. The summed E-state index contributed by atoms with van der Waals surface area (Å²) in [6, 6.07) is 3.35. The highest BCUT2D eigenvalue weighted by atomic mass is 79.9. The topological polar surface area (TPSA) is 30.2 Å². The summed E-state index contributed by atoms with van der Waals surface area (Å²) < 4.78 is 4.88. The Bertz CT molecular complexity index is 214. The van der Waals surface area contributed by atoms with Crippen molar-refractivity contribution in [1.29, 1.82) is 0 Å². The first-order valence-electron chi connectivity index (χ1n) is 2.93. The van der Waals surface area contributed by atoms with Crippen LogP contribution in [0.2, 0.25) is 0 Å². The zero-order valence-corrected chi connectivity index (χ0v) is 7.09. The Morgan fingerprint density at radius 1 is 1.80 bits per heavy atom. The van der Waals surface area contributed by atoms with Gasteiger partial charge in [0.1, 0.15) is 0 Å². The lowest BCUT2D eigenvalue weighted by molar-refractivity contribution is 0.0969. The molecule has 0 aliphatic rings. The van der Waals surface area contributed by atoms with Gasteiger partial charge in [0.2, 0.25) is 5.78 Å². The highest BCUT2D eigenvalue weighted by Gasteiger charge is 2.13. The van der Waals surface area contributed by atoms with Gasteiger partial charge in [0.25, 0.3) is 0 Å². The molecule has 0 saturated heterocycles. The molecule has 1 aromatic heterocycles. The molecule has 0 amide bonds. The Morgan fingerprint density at radius 3 is 2.90 bits per heavy atom. The largest absolute Gasteiger partial charge is 0.461 e. The molecule has 0 saturated carbocycles. The van der Waals surface area contributed by atoms with Crippen molar-refractivity contribution >= 4 is 21.7 Å². The quantitative estimate of drug-likeness (QED) is 0.545. The predicted molar refractivity (Wildman–Crippen MR) is 41.4 cm³/mol. The van der Waals surface area contributed by atoms with Gasteiger partial charge in [-0.05, 0) is 19.1 Å². The molecule has 0 aromatic carbocycles. The summed E-state index contributed by atoms with van der Waals surface area (Å²) in [5, 5.41) is 0. The van der Waals surface area contributed by atoms with E-state index in [1.807, 2.05) is 0 Å². The molecule has 0 spiro atoms. The lowest BCUT2D eigenvalue weighted by Crippen LogP contribution is -2.08. The fourth-order valence-electron chi connectivity index (χ4n) is 0.615. The number of carbonyl (C=O) groups excluding carboxylic acids is 1.